The highest BCUT2D eigenvalue weighted by Gasteiger charge is 2.10. The molecule has 0 unspecified atom stereocenters. The van der Waals surface area contributed by atoms with Crippen molar-refractivity contribution in [2.24, 2.45) is 0 Å². The summed E-state index contributed by atoms with van der Waals surface area (Å²) in [6, 6.07) is 3.96. The first kappa shape index (κ1) is 13.3. The molecule has 0 saturated heterocycles. The van der Waals surface area contributed by atoms with E-state index >= 15 is 0 Å². The van der Waals surface area contributed by atoms with Crippen molar-refractivity contribution >= 4 is 11.9 Å². The van der Waals surface area contributed by atoms with E-state index in [0.717, 1.165) is 11.4 Å². The smallest absolute Gasteiger partial charge is 0.248 e. The summed E-state index contributed by atoms with van der Waals surface area (Å²) in [5.41, 5.74) is 2.09. The van der Waals surface area contributed by atoms with E-state index in [-0.39, 0.29) is 18.4 Å². The number of hydrogen-bond donors (Lipinski definition) is 2. The fourth-order valence-corrected chi connectivity index (χ4v) is 1.81. The van der Waals surface area contributed by atoms with E-state index < -0.39 is 0 Å². The fraction of sp³-hybridized carbons (Fsp3) is 0.417. The van der Waals surface area contributed by atoms with Crippen LogP contribution in [0.4, 0.5) is 5.95 Å². The molecular weight excluding hydrogens is 246 g/mol. The van der Waals surface area contributed by atoms with Gasteiger partial charge >= 0.3 is 0 Å². The Morgan fingerprint density at radius 1 is 1.42 bits per heavy atom. The van der Waals surface area contributed by atoms with E-state index in [2.05, 4.69) is 20.5 Å². The van der Waals surface area contributed by atoms with Gasteiger partial charge in [0.05, 0.1) is 0 Å². The van der Waals surface area contributed by atoms with Gasteiger partial charge in [-0.05, 0) is 26.0 Å². The SMILES string of the molecule is COCc1nc(NC(=O)Cn2c(C)ccc2C)n[nH]1. The summed E-state index contributed by atoms with van der Waals surface area (Å²) in [5, 5.41) is 9.22. The number of methoxy groups -OCH3 is 1. The maximum Gasteiger partial charge on any atom is 0.248 e. The summed E-state index contributed by atoms with van der Waals surface area (Å²) < 4.78 is 6.84. The van der Waals surface area contributed by atoms with Gasteiger partial charge < -0.3 is 9.30 Å². The lowest BCUT2D eigenvalue weighted by molar-refractivity contribution is -0.116. The number of carbonyl (C=O) groups excluding carboxylic acids is 1. The average molecular weight is 263 g/mol. The number of hydrogen-bond acceptors (Lipinski definition) is 4. The molecule has 0 aliphatic heterocycles. The van der Waals surface area contributed by atoms with E-state index in [1.807, 2.05) is 30.5 Å². The van der Waals surface area contributed by atoms with Crippen LogP contribution in [0.1, 0.15) is 17.2 Å². The Hall–Kier alpha value is -2.15. The third kappa shape index (κ3) is 3.19. The molecule has 102 valence electrons. The molecule has 0 fully saturated rings. The Kier molecular flexibility index (Phi) is 3.96. The van der Waals surface area contributed by atoms with Crippen LogP contribution in [0.5, 0.6) is 0 Å². The third-order valence-corrected chi connectivity index (χ3v) is 2.78. The van der Waals surface area contributed by atoms with Crippen molar-refractivity contribution in [3.05, 3.63) is 29.3 Å². The summed E-state index contributed by atoms with van der Waals surface area (Å²) >= 11 is 0. The number of amides is 1. The van der Waals surface area contributed by atoms with Crippen molar-refractivity contribution in [2.45, 2.75) is 27.0 Å². The van der Waals surface area contributed by atoms with Crippen LogP contribution in [0.25, 0.3) is 0 Å². The Morgan fingerprint density at radius 2 is 2.11 bits per heavy atom. The predicted octanol–water partition coefficient (Wildman–Crippen LogP) is 1.01. The van der Waals surface area contributed by atoms with Crippen LogP contribution in [0.3, 0.4) is 0 Å². The highest BCUT2D eigenvalue weighted by Crippen LogP contribution is 2.07. The topological polar surface area (TPSA) is 84.8 Å². The highest BCUT2D eigenvalue weighted by molar-refractivity contribution is 5.88. The minimum Gasteiger partial charge on any atom is -0.377 e. The monoisotopic (exact) mass is 263 g/mol. The number of aromatic nitrogens is 4. The Balaban J connectivity index is 1.97. The summed E-state index contributed by atoms with van der Waals surface area (Å²) in [6.45, 7) is 4.50. The number of H-pyrrole nitrogens is 1. The molecule has 2 rings (SSSR count). The van der Waals surface area contributed by atoms with Crippen molar-refractivity contribution < 1.29 is 9.53 Å². The van der Waals surface area contributed by atoms with Gasteiger partial charge in [0, 0.05) is 18.5 Å². The molecule has 7 heteroatoms. The fourth-order valence-electron chi connectivity index (χ4n) is 1.81. The van der Waals surface area contributed by atoms with Crippen LogP contribution in [0, 0.1) is 13.8 Å². The number of nitrogens with one attached hydrogen (secondary N) is 2. The lowest BCUT2D eigenvalue weighted by Gasteiger charge is -2.07. The number of aryl methyl sites for hydroxylation is 2. The zero-order valence-corrected chi connectivity index (χ0v) is 11.2. The van der Waals surface area contributed by atoms with E-state index in [4.69, 9.17) is 4.74 Å². The Morgan fingerprint density at radius 3 is 2.74 bits per heavy atom. The van der Waals surface area contributed by atoms with Gasteiger partial charge in [0.1, 0.15) is 13.2 Å². The van der Waals surface area contributed by atoms with Crippen molar-refractivity contribution in [1.82, 2.24) is 19.7 Å². The zero-order chi connectivity index (χ0) is 13.8. The van der Waals surface area contributed by atoms with Crippen molar-refractivity contribution in [3.8, 4) is 0 Å². The summed E-state index contributed by atoms with van der Waals surface area (Å²) in [6.07, 6.45) is 0. The van der Waals surface area contributed by atoms with Gasteiger partial charge in [-0.2, -0.15) is 4.98 Å². The van der Waals surface area contributed by atoms with E-state index in [1.165, 1.54) is 0 Å². The van der Waals surface area contributed by atoms with E-state index in [0.29, 0.717) is 12.4 Å². The lowest BCUT2D eigenvalue weighted by atomic mass is 10.4. The molecule has 0 saturated carbocycles. The Bertz CT molecular complexity index is 553. The number of nitrogens with zero attached hydrogens (tertiary/aromatic N) is 3. The molecule has 0 atom stereocenters. The number of anilines is 1. The number of ether oxygens (including phenoxy) is 1. The molecule has 2 aromatic heterocycles. The second-order valence-corrected chi connectivity index (χ2v) is 4.29. The largest absolute Gasteiger partial charge is 0.377 e. The maximum absolute atomic E-state index is 11.9. The summed E-state index contributed by atoms with van der Waals surface area (Å²) in [5.74, 6) is 0.677. The number of rotatable bonds is 5. The van der Waals surface area contributed by atoms with Gasteiger partial charge in [-0.15, -0.1) is 5.10 Å². The van der Waals surface area contributed by atoms with Gasteiger partial charge in [-0.25, -0.2) is 0 Å². The highest BCUT2D eigenvalue weighted by atomic mass is 16.5. The first-order chi connectivity index (χ1) is 9.10. The number of carbonyl (C=O) groups is 1. The van der Waals surface area contributed by atoms with Crippen LogP contribution < -0.4 is 5.32 Å². The molecule has 0 radical (unpaired) electrons. The van der Waals surface area contributed by atoms with Gasteiger partial charge in [0.2, 0.25) is 11.9 Å². The molecule has 2 heterocycles. The van der Waals surface area contributed by atoms with Crippen LogP contribution in [-0.4, -0.2) is 32.8 Å². The maximum atomic E-state index is 11.9. The number of aromatic amines is 1. The van der Waals surface area contributed by atoms with Gasteiger partial charge in [-0.3, -0.25) is 15.2 Å². The Labute approximate surface area is 111 Å². The molecular formula is C12H17N5O2. The minimum absolute atomic E-state index is 0.162. The summed E-state index contributed by atoms with van der Waals surface area (Å²) in [4.78, 5) is 16.0. The lowest BCUT2D eigenvalue weighted by Crippen LogP contribution is -2.20. The second-order valence-electron chi connectivity index (χ2n) is 4.29. The standard InChI is InChI=1S/C12H17N5O2/c1-8-4-5-9(2)17(8)6-11(18)14-12-13-10(7-19-3)15-16-12/h4-5H,6-7H2,1-3H3,(H2,13,14,15,16,18). The molecule has 0 bridgehead atoms. The van der Waals surface area contributed by atoms with Gasteiger partial charge in [0.25, 0.3) is 0 Å². The van der Waals surface area contributed by atoms with Crippen molar-refractivity contribution in [3.63, 3.8) is 0 Å². The molecule has 7 nitrogen and oxygen atoms in total. The molecule has 0 aromatic carbocycles. The van der Waals surface area contributed by atoms with Gasteiger partial charge in [-0.1, -0.05) is 0 Å². The first-order valence-corrected chi connectivity index (χ1v) is 5.93. The molecule has 1 amide bonds. The second kappa shape index (κ2) is 5.66. The van der Waals surface area contributed by atoms with Crippen molar-refractivity contribution in [2.75, 3.05) is 12.4 Å². The average Bonchev–Trinajstić information content (AvgIpc) is 2.91. The molecule has 2 aromatic rings. The van der Waals surface area contributed by atoms with Crippen LogP contribution in [-0.2, 0) is 22.7 Å². The first-order valence-electron chi connectivity index (χ1n) is 5.93. The molecule has 0 aliphatic carbocycles. The van der Waals surface area contributed by atoms with Crippen LogP contribution >= 0.6 is 0 Å². The normalized spacial score (nSPS) is 10.7. The molecule has 2 N–H and O–H groups in total. The molecule has 0 aliphatic rings. The predicted molar refractivity (Wildman–Crippen MR) is 69.6 cm³/mol. The minimum atomic E-state index is -0.162. The third-order valence-electron chi connectivity index (χ3n) is 2.78. The molecule has 19 heavy (non-hydrogen) atoms. The molecule has 0 spiro atoms. The quantitative estimate of drug-likeness (QED) is 0.843. The van der Waals surface area contributed by atoms with E-state index in [1.54, 1.807) is 7.11 Å². The summed E-state index contributed by atoms with van der Waals surface area (Å²) in [7, 11) is 1.57. The van der Waals surface area contributed by atoms with E-state index in [9.17, 15) is 4.79 Å². The van der Waals surface area contributed by atoms with Crippen molar-refractivity contribution in [1.29, 1.82) is 0 Å². The van der Waals surface area contributed by atoms with Crippen LogP contribution in [0.15, 0.2) is 12.1 Å². The van der Waals surface area contributed by atoms with Gasteiger partial charge in [0.15, 0.2) is 5.82 Å². The zero-order valence-electron chi connectivity index (χ0n) is 11.2. The van der Waals surface area contributed by atoms with Crippen LogP contribution in [0.2, 0.25) is 0 Å².